The zero-order chi connectivity index (χ0) is 18.7. The number of anilines is 1. The van der Waals surface area contributed by atoms with Crippen LogP contribution in [0.3, 0.4) is 0 Å². The molecule has 0 unspecified atom stereocenters. The van der Waals surface area contributed by atoms with E-state index in [1.54, 1.807) is 22.3 Å². The molecule has 0 atom stereocenters. The van der Waals surface area contributed by atoms with Crippen LogP contribution in [-0.4, -0.2) is 55.8 Å². The van der Waals surface area contributed by atoms with Crippen molar-refractivity contribution in [3.8, 4) is 0 Å². The zero-order valence-electron chi connectivity index (χ0n) is 15.5. The fourth-order valence-electron chi connectivity index (χ4n) is 3.10. The number of amides is 2. The topological polar surface area (TPSA) is 52.6 Å². The standard InChI is InChI=1S/C19H25N3O2S2/c1-21(2)10-11-22(3)19(24)16-13-7-4-5-8-14(13)26-18(16)20-17(23)15-9-6-12-25-15/h6,9,12H,4-5,7-8,10-11H2,1-3H3,(H,20,23). The third-order valence-electron chi connectivity index (χ3n) is 4.59. The number of nitrogens with one attached hydrogen (secondary N) is 1. The molecule has 26 heavy (non-hydrogen) atoms. The molecular weight excluding hydrogens is 366 g/mol. The number of likely N-dealkylation sites (N-methyl/N-ethyl adjacent to an activating group) is 2. The average Bonchev–Trinajstić information content (AvgIpc) is 3.26. The number of fused-ring (bicyclic) bond motifs is 1. The molecule has 0 fully saturated rings. The lowest BCUT2D eigenvalue weighted by Crippen LogP contribution is -2.34. The molecule has 0 bridgehead atoms. The molecule has 0 radical (unpaired) electrons. The second-order valence-corrected chi connectivity index (χ2v) is 8.93. The monoisotopic (exact) mass is 391 g/mol. The summed E-state index contributed by atoms with van der Waals surface area (Å²) in [6.07, 6.45) is 4.17. The van der Waals surface area contributed by atoms with Crippen molar-refractivity contribution >= 4 is 39.5 Å². The molecule has 2 amide bonds. The molecule has 2 aromatic rings. The van der Waals surface area contributed by atoms with E-state index in [1.807, 2.05) is 32.6 Å². The Bertz CT molecular complexity index is 781. The van der Waals surface area contributed by atoms with Crippen molar-refractivity contribution in [3.63, 3.8) is 0 Å². The Labute approximate surface area is 162 Å². The first-order valence-corrected chi connectivity index (χ1v) is 10.6. The summed E-state index contributed by atoms with van der Waals surface area (Å²) in [5.74, 6) is -0.128. The molecule has 1 aliphatic carbocycles. The van der Waals surface area contributed by atoms with Crippen molar-refractivity contribution in [2.75, 3.05) is 39.5 Å². The number of hydrogen-bond donors (Lipinski definition) is 1. The molecule has 1 N–H and O–H groups in total. The van der Waals surface area contributed by atoms with Crippen molar-refractivity contribution in [2.24, 2.45) is 0 Å². The van der Waals surface area contributed by atoms with Crippen LogP contribution in [0, 0.1) is 0 Å². The van der Waals surface area contributed by atoms with Crippen LogP contribution >= 0.6 is 22.7 Å². The number of nitrogens with zero attached hydrogens (tertiary/aromatic N) is 2. The van der Waals surface area contributed by atoms with Gasteiger partial charge in [0.1, 0.15) is 5.00 Å². The largest absolute Gasteiger partial charge is 0.340 e. The predicted octanol–water partition coefficient (Wildman–Crippen LogP) is 3.57. The van der Waals surface area contributed by atoms with E-state index in [4.69, 9.17) is 0 Å². The lowest BCUT2D eigenvalue weighted by molar-refractivity contribution is 0.0786. The Morgan fingerprint density at radius 3 is 2.62 bits per heavy atom. The minimum atomic E-state index is -0.136. The van der Waals surface area contributed by atoms with Gasteiger partial charge in [0.05, 0.1) is 10.4 Å². The van der Waals surface area contributed by atoms with Gasteiger partial charge in [0, 0.05) is 25.0 Å². The number of carbonyl (C=O) groups excluding carboxylic acids is 2. The summed E-state index contributed by atoms with van der Waals surface area (Å²) < 4.78 is 0. The fourth-order valence-corrected chi connectivity index (χ4v) is 4.99. The van der Waals surface area contributed by atoms with E-state index < -0.39 is 0 Å². The highest BCUT2D eigenvalue weighted by Gasteiger charge is 2.28. The minimum absolute atomic E-state index is 0.00716. The smallest absolute Gasteiger partial charge is 0.266 e. The Kier molecular flexibility index (Phi) is 6.11. The molecular formula is C19H25N3O2S2. The van der Waals surface area contributed by atoms with Gasteiger partial charge in [0.2, 0.25) is 0 Å². The summed E-state index contributed by atoms with van der Waals surface area (Å²) in [7, 11) is 5.83. The summed E-state index contributed by atoms with van der Waals surface area (Å²) in [4.78, 5) is 31.4. The number of carbonyl (C=O) groups is 2. The molecule has 2 aromatic heterocycles. The van der Waals surface area contributed by atoms with Crippen molar-refractivity contribution in [1.82, 2.24) is 9.80 Å². The summed E-state index contributed by atoms with van der Waals surface area (Å²) >= 11 is 2.98. The van der Waals surface area contributed by atoms with E-state index in [1.165, 1.54) is 16.2 Å². The Morgan fingerprint density at radius 2 is 1.92 bits per heavy atom. The van der Waals surface area contributed by atoms with Crippen LogP contribution in [0.15, 0.2) is 17.5 Å². The molecule has 0 saturated carbocycles. The van der Waals surface area contributed by atoms with Gasteiger partial charge in [0.15, 0.2) is 0 Å². The second kappa shape index (κ2) is 8.33. The van der Waals surface area contributed by atoms with Gasteiger partial charge in [0.25, 0.3) is 11.8 Å². The first-order chi connectivity index (χ1) is 12.5. The quantitative estimate of drug-likeness (QED) is 0.819. The van der Waals surface area contributed by atoms with Crippen molar-refractivity contribution in [2.45, 2.75) is 25.7 Å². The summed E-state index contributed by atoms with van der Waals surface area (Å²) in [6, 6.07) is 3.67. The Balaban J connectivity index is 1.88. The van der Waals surface area contributed by atoms with Crippen LogP contribution in [0.5, 0.6) is 0 Å². The third kappa shape index (κ3) is 4.16. The number of aryl methyl sites for hydroxylation is 1. The zero-order valence-corrected chi connectivity index (χ0v) is 17.1. The van der Waals surface area contributed by atoms with Gasteiger partial charge in [-0.1, -0.05) is 6.07 Å². The van der Waals surface area contributed by atoms with Crippen LogP contribution in [0.1, 0.15) is 43.3 Å². The molecule has 7 heteroatoms. The van der Waals surface area contributed by atoms with E-state index in [0.717, 1.165) is 37.8 Å². The summed E-state index contributed by atoms with van der Waals surface area (Å²) in [6.45, 7) is 1.47. The van der Waals surface area contributed by atoms with Gasteiger partial charge in [-0.3, -0.25) is 9.59 Å². The number of thiophene rings is 2. The number of rotatable bonds is 6. The summed E-state index contributed by atoms with van der Waals surface area (Å²) in [5, 5.41) is 5.59. The van der Waals surface area contributed by atoms with Crippen LogP contribution in [0.2, 0.25) is 0 Å². The number of hydrogen-bond acceptors (Lipinski definition) is 5. The molecule has 3 rings (SSSR count). The van der Waals surface area contributed by atoms with Gasteiger partial charge in [-0.15, -0.1) is 22.7 Å². The molecule has 5 nitrogen and oxygen atoms in total. The highest BCUT2D eigenvalue weighted by atomic mass is 32.1. The van der Waals surface area contributed by atoms with Gasteiger partial charge in [-0.25, -0.2) is 0 Å². The van der Waals surface area contributed by atoms with Crippen molar-refractivity contribution < 1.29 is 9.59 Å². The normalized spacial score (nSPS) is 13.5. The predicted molar refractivity (Wildman–Crippen MR) is 109 cm³/mol. The fraction of sp³-hybridized carbons (Fsp3) is 0.474. The summed E-state index contributed by atoms with van der Waals surface area (Å²) in [5.41, 5.74) is 1.85. The van der Waals surface area contributed by atoms with Crippen LogP contribution in [0.25, 0.3) is 0 Å². The minimum Gasteiger partial charge on any atom is -0.340 e. The van der Waals surface area contributed by atoms with Crippen molar-refractivity contribution in [3.05, 3.63) is 38.4 Å². The molecule has 0 aliphatic heterocycles. The molecule has 0 saturated heterocycles. The first kappa shape index (κ1) is 19.1. The lowest BCUT2D eigenvalue weighted by atomic mass is 9.95. The molecule has 2 heterocycles. The van der Waals surface area contributed by atoms with Gasteiger partial charge in [-0.2, -0.15) is 0 Å². The third-order valence-corrected chi connectivity index (χ3v) is 6.66. The maximum Gasteiger partial charge on any atom is 0.266 e. The van der Waals surface area contributed by atoms with E-state index in [0.29, 0.717) is 22.0 Å². The van der Waals surface area contributed by atoms with E-state index >= 15 is 0 Å². The molecule has 140 valence electrons. The molecule has 1 aliphatic rings. The van der Waals surface area contributed by atoms with Gasteiger partial charge >= 0.3 is 0 Å². The van der Waals surface area contributed by atoms with E-state index in [-0.39, 0.29) is 11.8 Å². The van der Waals surface area contributed by atoms with Gasteiger partial charge < -0.3 is 15.1 Å². The van der Waals surface area contributed by atoms with Crippen LogP contribution in [0.4, 0.5) is 5.00 Å². The Hall–Kier alpha value is -1.70. The highest BCUT2D eigenvalue weighted by Crippen LogP contribution is 2.39. The van der Waals surface area contributed by atoms with Crippen molar-refractivity contribution in [1.29, 1.82) is 0 Å². The Morgan fingerprint density at radius 1 is 1.15 bits per heavy atom. The molecule has 0 spiro atoms. The maximum atomic E-state index is 13.1. The van der Waals surface area contributed by atoms with Crippen LogP contribution in [-0.2, 0) is 12.8 Å². The van der Waals surface area contributed by atoms with Crippen LogP contribution < -0.4 is 5.32 Å². The second-order valence-electron chi connectivity index (χ2n) is 6.88. The average molecular weight is 392 g/mol. The van der Waals surface area contributed by atoms with E-state index in [9.17, 15) is 9.59 Å². The maximum absolute atomic E-state index is 13.1. The highest BCUT2D eigenvalue weighted by molar-refractivity contribution is 7.17. The lowest BCUT2D eigenvalue weighted by Gasteiger charge is -2.21. The van der Waals surface area contributed by atoms with E-state index in [2.05, 4.69) is 10.2 Å². The molecule has 0 aromatic carbocycles. The SMILES string of the molecule is CN(C)CCN(C)C(=O)c1c(NC(=O)c2cccs2)sc2c1CCCC2. The first-order valence-electron chi connectivity index (χ1n) is 8.87. The van der Waals surface area contributed by atoms with Gasteiger partial charge in [-0.05, 0) is 56.8 Å².